The Balaban J connectivity index is 0.758. The molecule has 4 amide bonds. The largest absolute Gasteiger partial charge is 0.495 e. The van der Waals surface area contributed by atoms with Gasteiger partial charge in [-0.25, -0.2) is 9.37 Å². The van der Waals surface area contributed by atoms with Crippen molar-refractivity contribution in [3.05, 3.63) is 58.3 Å². The number of likely N-dealkylation sites (tertiary alicyclic amines) is 1. The van der Waals surface area contributed by atoms with Crippen LogP contribution in [0.15, 0.2) is 41.3 Å². The number of piperidine rings is 2. The summed E-state index contributed by atoms with van der Waals surface area (Å²) in [4.78, 5) is 77.0. The van der Waals surface area contributed by atoms with Crippen LogP contribution in [0.2, 0.25) is 0 Å². The number of aromatic nitrogens is 5. The van der Waals surface area contributed by atoms with Crippen molar-refractivity contribution in [3.8, 4) is 5.75 Å². The minimum atomic E-state index is -3.63. The smallest absolute Gasteiger partial charge is 0.342 e. The molecule has 2 saturated heterocycles. The first-order valence-electron chi connectivity index (χ1n) is 23.2. The van der Waals surface area contributed by atoms with E-state index in [4.69, 9.17) is 4.74 Å². The predicted octanol–water partition coefficient (Wildman–Crippen LogP) is 5.46. The average molecular weight is 931 g/mol. The summed E-state index contributed by atoms with van der Waals surface area (Å²) in [6, 6.07) is 6.52. The van der Waals surface area contributed by atoms with Gasteiger partial charge >= 0.3 is 5.92 Å². The number of nitrogens with one attached hydrogen (secondary N) is 4. The zero-order valence-electron chi connectivity index (χ0n) is 37.8. The van der Waals surface area contributed by atoms with E-state index in [-0.39, 0.29) is 65.3 Å². The number of anilines is 5. The van der Waals surface area contributed by atoms with Crippen LogP contribution in [0.4, 0.5) is 42.0 Å². The maximum Gasteiger partial charge on any atom is 0.342 e. The molecule has 3 fully saturated rings. The van der Waals surface area contributed by atoms with Gasteiger partial charge in [-0.15, -0.1) is 5.10 Å². The van der Waals surface area contributed by atoms with Crippen LogP contribution in [-0.2, 0) is 14.4 Å². The van der Waals surface area contributed by atoms with Gasteiger partial charge in [0.1, 0.15) is 28.8 Å². The third-order valence-electron chi connectivity index (χ3n) is 13.3. The molecule has 8 rings (SSSR count). The van der Waals surface area contributed by atoms with E-state index < -0.39 is 47.6 Å². The van der Waals surface area contributed by atoms with E-state index in [9.17, 15) is 24.0 Å². The van der Waals surface area contributed by atoms with Crippen LogP contribution in [0.25, 0.3) is 10.9 Å². The molecule has 1 atom stereocenters. The number of rotatable bonds is 17. The number of hydrogen-bond acceptors (Lipinski definition) is 14. The van der Waals surface area contributed by atoms with Gasteiger partial charge in [0.05, 0.1) is 36.5 Å². The standard InChI is InChI=1S/C46H57F3N12O6/c1-58-36-26-51-45(55-40(36)60(29-12-7-8-13-29)27-46(48,49)44(58)66)53-34-25-31(47)30(24-37(34)67-2)41(63)52-28-18-22-59(23-19-28)21-10-6-4-3-5-9-20-50-32-14-11-15-33-39(32)43(65)61(57-56-33)35-16-17-38(62)54-42(35)64/h11,14-15,24-26,28-29,35,50H,3-10,12-13,16-23,27H2,1-2H3,(H,52,63)(H,51,53,55)(H,54,62,64). The van der Waals surface area contributed by atoms with E-state index in [0.29, 0.717) is 36.0 Å². The van der Waals surface area contributed by atoms with Gasteiger partial charge in [-0.1, -0.05) is 49.8 Å². The van der Waals surface area contributed by atoms with E-state index in [1.807, 2.05) is 6.07 Å². The number of fused-ring (bicyclic) bond motifs is 2. The summed E-state index contributed by atoms with van der Waals surface area (Å²) in [7, 11) is 2.66. The second kappa shape index (κ2) is 20.6. The highest BCUT2D eigenvalue weighted by Crippen LogP contribution is 2.40. The SMILES string of the molecule is COc1cc(C(=O)NC2CCN(CCCCCCCCNc3cccc4nnn(C5CCC(=O)NC5=O)c(=O)c34)CC2)c(F)cc1Nc1ncc2c(n1)N(C1CCCC1)CC(F)(F)C(=O)N2C. The fraction of sp³-hybridized carbons (Fsp3) is 0.543. The molecule has 67 heavy (non-hydrogen) atoms. The van der Waals surface area contributed by atoms with Gasteiger partial charge < -0.3 is 35.4 Å². The molecule has 21 heteroatoms. The van der Waals surface area contributed by atoms with Crippen molar-refractivity contribution in [1.82, 2.24) is 40.5 Å². The molecular formula is C46H57F3N12O6. The minimum absolute atomic E-state index is 0.0141. The number of imide groups is 1. The number of nitrogens with zero attached hydrogens (tertiary/aromatic N) is 8. The van der Waals surface area contributed by atoms with Crippen molar-refractivity contribution in [1.29, 1.82) is 0 Å². The minimum Gasteiger partial charge on any atom is -0.495 e. The molecule has 4 aliphatic rings. The number of alkyl halides is 2. The number of halogens is 3. The lowest BCUT2D eigenvalue weighted by Gasteiger charge is -2.32. The number of carbonyl (C=O) groups is 4. The monoisotopic (exact) mass is 930 g/mol. The molecule has 1 aliphatic carbocycles. The summed E-state index contributed by atoms with van der Waals surface area (Å²) in [6.45, 7) is 2.42. The number of unbranched alkanes of at least 4 members (excludes halogenated alkanes) is 5. The second-order valence-electron chi connectivity index (χ2n) is 17.8. The molecule has 3 aliphatic heterocycles. The Morgan fingerprint density at radius 1 is 0.955 bits per heavy atom. The molecule has 2 aromatic carbocycles. The molecule has 1 saturated carbocycles. The molecule has 4 N–H and O–H groups in total. The second-order valence-corrected chi connectivity index (χ2v) is 17.8. The van der Waals surface area contributed by atoms with Crippen LogP contribution in [0.5, 0.6) is 5.75 Å². The number of hydrogen-bond donors (Lipinski definition) is 4. The Hall–Kier alpha value is -6.38. The van der Waals surface area contributed by atoms with Crippen LogP contribution in [-0.4, -0.2) is 118 Å². The van der Waals surface area contributed by atoms with Crippen molar-refractivity contribution < 1.29 is 37.1 Å². The van der Waals surface area contributed by atoms with Crippen LogP contribution in [0.3, 0.4) is 0 Å². The highest BCUT2D eigenvalue weighted by Gasteiger charge is 2.49. The van der Waals surface area contributed by atoms with E-state index in [0.717, 1.165) is 99.5 Å². The maximum atomic E-state index is 15.6. The maximum absolute atomic E-state index is 15.6. The molecule has 4 aromatic rings. The zero-order valence-corrected chi connectivity index (χ0v) is 37.8. The summed E-state index contributed by atoms with van der Waals surface area (Å²) in [5, 5.41) is 20.1. The van der Waals surface area contributed by atoms with Crippen molar-refractivity contribution in [3.63, 3.8) is 0 Å². The van der Waals surface area contributed by atoms with Crippen LogP contribution >= 0.6 is 0 Å². The zero-order chi connectivity index (χ0) is 47.2. The molecule has 0 radical (unpaired) electrons. The molecule has 18 nitrogen and oxygen atoms in total. The van der Waals surface area contributed by atoms with Gasteiger partial charge in [0, 0.05) is 56.9 Å². The van der Waals surface area contributed by atoms with Crippen molar-refractivity contribution in [2.24, 2.45) is 0 Å². The lowest BCUT2D eigenvalue weighted by Crippen LogP contribution is -2.48. The molecule has 0 spiro atoms. The summed E-state index contributed by atoms with van der Waals surface area (Å²) < 4.78 is 52.3. The van der Waals surface area contributed by atoms with Crippen LogP contribution in [0, 0.1) is 5.82 Å². The lowest BCUT2D eigenvalue weighted by atomic mass is 10.0. The Kier molecular flexibility index (Phi) is 14.5. The van der Waals surface area contributed by atoms with E-state index in [2.05, 4.69) is 46.4 Å². The third kappa shape index (κ3) is 10.6. The quantitative estimate of drug-likeness (QED) is 0.0767. The fourth-order valence-electron chi connectivity index (χ4n) is 9.54. The normalized spacial score (nSPS) is 19.3. The van der Waals surface area contributed by atoms with E-state index in [1.54, 1.807) is 12.1 Å². The van der Waals surface area contributed by atoms with Crippen molar-refractivity contribution in [2.45, 2.75) is 114 Å². The molecular weight excluding hydrogens is 874 g/mol. The lowest BCUT2D eigenvalue weighted by molar-refractivity contribution is -0.140. The van der Waals surface area contributed by atoms with Gasteiger partial charge in [0.15, 0.2) is 5.82 Å². The number of ether oxygens (including phenoxy) is 1. The molecule has 5 heterocycles. The molecule has 358 valence electrons. The summed E-state index contributed by atoms with van der Waals surface area (Å²) in [5.41, 5.74) is 0.732. The third-order valence-corrected chi connectivity index (χ3v) is 13.3. The highest BCUT2D eigenvalue weighted by molar-refractivity contribution is 6.02. The Morgan fingerprint density at radius 3 is 2.45 bits per heavy atom. The average Bonchev–Trinajstić information content (AvgIpc) is 3.84. The number of benzene rings is 2. The first kappa shape index (κ1) is 47.1. The first-order valence-corrected chi connectivity index (χ1v) is 23.2. The van der Waals surface area contributed by atoms with Gasteiger partial charge in [0.2, 0.25) is 11.9 Å². The molecule has 1 unspecified atom stereocenters. The van der Waals surface area contributed by atoms with Gasteiger partial charge in [-0.3, -0.25) is 29.3 Å². The summed E-state index contributed by atoms with van der Waals surface area (Å²) in [6.07, 6.45) is 12.4. The Morgan fingerprint density at radius 2 is 1.70 bits per heavy atom. The number of carbonyl (C=O) groups excluding carboxylic acids is 4. The highest BCUT2D eigenvalue weighted by atomic mass is 19.3. The number of amides is 4. The fourth-order valence-corrected chi connectivity index (χ4v) is 9.54. The summed E-state index contributed by atoms with van der Waals surface area (Å²) >= 11 is 0. The Bertz CT molecular complexity index is 2550. The van der Waals surface area contributed by atoms with Gasteiger partial charge in [-0.2, -0.15) is 18.4 Å². The molecule has 0 bridgehead atoms. The predicted molar refractivity (Wildman–Crippen MR) is 245 cm³/mol. The number of methoxy groups -OCH3 is 1. The van der Waals surface area contributed by atoms with Crippen molar-refractivity contribution in [2.75, 3.05) is 67.3 Å². The Labute approximate surface area is 385 Å². The van der Waals surface area contributed by atoms with Gasteiger partial charge in [-0.05, 0) is 69.7 Å². The van der Waals surface area contributed by atoms with Crippen LogP contribution < -0.4 is 41.4 Å². The van der Waals surface area contributed by atoms with Crippen molar-refractivity contribution >= 4 is 63.4 Å². The summed E-state index contributed by atoms with van der Waals surface area (Å²) in [5.74, 6) is -6.92. The van der Waals surface area contributed by atoms with E-state index >= 15 is 13.2 Å². The van der Waals surface area contributed by atoms with Crippen LogP contribution in [0.1, 0.15) is 106 Å². The van der Waals surface area contributed by atoms with E-state index in [1.165, 1.54) is 31.3 Å². The van der Waals surface area contributed by atoms with Gasteiger partial charge in [0.25, 0.3) is 23.3 Å². The molecule has 2 aromatic heterocycles. The topological polar surface area (TPSA) is 209 Å². The first-order chi connectivity index (χ1) is 32.3.